The summed E-state index contributed by atoms with van der Waals surface area (Å²) in [4.78, 5) is 23.4. The Morgan fingerprint density at radius 1 is 1.11 bits per heavy atom. The first kappa shape index (κ1) is 18.3. The fraction of sp³-hybridized carbons (Fsp3) is 0.190. The highest BCUT2D eigenvalue weighted by molar-refractivity contribution is 8.00. The molecule has 0 fully saturated rings. The summed E-state index contributed by atoms with van der Waals surface area (Å²) in [6.45, 7) is 2.33. The van der Waals surface area contributed by atoms with Crippen molar-refractivity contribution in [3.05, 3.63) is 66.3 Å². The van der Waals surface area contributed by atoms with Crippen LogP contribution in [0.15, 0.2) is 68.7 Å². The van der Waals surface area contributed by atoms with E-state index in [0.717, 1.165) is 27.4 Å². The summed E-state index contributed by atoms with van der Waals surface area (Å²) in [5.41, 5.74) is 0.818. The standard InChI is InChI=1S/C21H19N3O3S/c1-14-9-10-15(27-14)12-24(2)19(25)13-28-21-16-6-3-4-7-17(16)22-20(23-21)18-8-5-11-26-18/h3-11H,12-13H2,1-2H3. The van der Waals surface area contributed by atoms with E-state index in [-0.39, 0.29) is 11.7 Å². The lowest BCUT2D eigenvalue weighted by atomic mass is 10.2. The van der Waals surface area contributed by atoms with Crippen molar-refractivity contribution in [2.24, 2.45) is 0 Å². The first-order chi connectivity index (χ1) is 13.6. The highest BCUT2D eigenvalue weighted by Crippen LogP contribution is 2.28. The summed E-state index contributed by atoms with van der Waals surface area (Å²) in [6, 6.07) is 15.2. The number of amides is 1. The number of rotatable bonds is 6. The number of fused-ring (bicyclic) bond motifs is 1. The quantitative estimate of drug-likeness (QED) is 0.354. The van der Waals surface area contributed by atoms with Crippen LogP contribution in [0.4, 0.5) is 0 Å². The molecule has 0 saturated carbocycles. The summed E-state index contributed by atoms with van der Waals surface area (Å²) in [5, 5.41) is 1.67. The minimum Gasteiger partial charge on any atom is -0.464 e. The van der Waals surface area contributed by atoms with Crippen LogP contribution >= 0.6 is 11.8 Å². The third-order valence-corrected chi connectivity index (χ3v) is 5.23. The SMILES string of the molecule is Cc1ccc(CN(C)C(=O)CSc2nc(-c3ccco3)nc3ccccc23)o1. The first-order valence-corrected chi connectivity index (χ1v) is 9.81. The van der Waals surface area contributed by atoms with Crippen LogP contribution in [0.1, 0.15) is 11.5 Å². The van der Waals surface area contributed by atoms with Crippen LogP contribution in [0.5, 0.6) is 0 Å². The fourth-order valence-corrected chi connectivity index (χ4v) is 3.77. The Morgan fingerprint density at radius 3 is 2.71 bits per heavy atom. The molecule has 0 saturated heterocycles. The molecule has 28 heavy (non-hydrogen) atoms. The Labute approximate surface area is 166 Å². The number of hydrogen-bond donors (Lipinski definition) is 0. The topological polar surface area (TPSA) is 72.4 Å². The Bertz CT molecular complexity index is 1110. The van der Waals surface area contributed by atoms with E-state index in [4.69, 9.17) is 8.83 Å². The molecule has 0 aliphatic rings. The average Bonchev–Trinajstić information content (AvgIpc) is 3.37. The lowest BCUT2D eigenvalue weighted by Crippen LogP contribution is -2.27. The number of thioether (sulfide) groups is 1. The van der Waals surface area contributed by atoms with Gasteiger partial charge >= 0.3 is 0 Å². The fourth-order valence-electron chi connectivity index (χ4n) is 2.81. The molecule has 4 rings (SSSR count). The number of para-hydroxylation sites is 1. The summed E-state index contributed by atoms with van der Waals surface area (Å²) >= 11 is 1.40. The van der Waals surface area contributed by atoms with Gasteiger partial charge in [-0.3, -0.25) is 4.79 Å². The van der Waals surface area contributed by atoms with Crippen molar-refractivity contribution in [2.75, 3.05) is 12.8 Å². The van der Waals surface area contributed by atoms with E-state index in [0.29, 0.717) is 18.1 Å². The van der Waals surface area contributed by atoms with Crippen molar-refractivity contribution < 1.29 is 13.6 Å². The minimum absolute atomic E-state index is 0.00120. The molecule has 0 unspecified atom stereocenters. The van der Waals surface area contributed by atoms with Crippen molar-refractivity contribution in [3.63, 3.8) is 0 Å². The largest absolute Gasteiger partial charge is 0.464 e. The third-order valence-electron chi connectivity index (χ3n) is 4.26. The number of aromatic nitrogens is 2. The lowest BCUT2D eigenvalue weighted by Gasteiger charge is -2.15. The van der Waals surface area contributed by atoms with Gasteiger partial charge in [0.25, 0.3) is 0 Å². The van der Waals surface area contributed by atoms with Crippen LogP contribution in [0.25, 0.3) is 22.5 Å². The van der Waals surface area contributed by atoms with Crippen molar-refractivity contribution in [3.8, 4) is 11.6 Å². The molecular weight excluding hydrogens is 374 g/mol. The highest BCUT2D eigenvalue weighted by Gasteiger charge is 2.15. The average molecular weight is 393 g/mol. The van der Waals surface area contributed by atoms with Gasteiger partial charge in [0.15, 0.2) is 11.6 Å². The molecule has 0 aliphatic carbocycles. The van der Waals surface area contributed by atoms with Crippen LogP contribution in [0.3, 0.4) is 0 Å². The molecule has 0 N–H and O–H groups in total. The van der Waals surface area contributed by atoms with E-state index >= 15 is 0 Å². The second-order valence-electron chi connectivity index (χ2n) is 6.40. The molecule has 142 valence electrons. The molecule has 4 aromatic rings. The van der Waals surface area contributed by atoms with Gasteiger partial charge in [-0.2, -0.15) is 0 Å². The first-order valence-electron chi connectivity index (χ1n) is 8.83. The van der Waals surface area contributed by atoms with Crippen LogP contribution in [0.2, 0.25) is 0 Å². The molecule has 0 bridgehead atoms. The van der Waals surface area contributed by atoms with Gasteiger partial charge in [-0.25, -0.2) is 9.97 Å². The van der Waals surface area contributed by atoms with E-state index in [1.807, 2.05) is 49.4 Å². The van der Waals surface area contributed by atoms with Crippen LogP contribution < -0.4 is 0 Å². The van der Waals surface area contributed by atoms with Crippen molar-refractivity contribution >= 4 is 28.6 Å². The van der Waals surface area contributed by atoms with Gasteiger partial charge in [0.1, 0.15) is 16.5 Å². The van der Waals surface area contributed by atoms with Gasteiger partial charge < -0.3 is 13.7 Å². The Balaban J connectivity index is 1.53. The molecule has 0 spiro atoms. The number of aryl methyl sites for hydroxylation is 1. The minimum atomic E-state index is 0.00120. The second-order valence-corrected chi connectivity index (χ2v) is 7.36. The highest BCUT2D eigenvalue weighted by atomic mass is 32.2. The summed E-state index contributed by atoms with van der Waals surface area (Å²) in [6.07, 6.45) is 1.59. The number of carbonyl (C=O) groups is 1. The van der Waals surface area contributed by atoms with Gasteiger partial charge in [-0.15, -0.1) is 0 Å². The predicted molar refractivity (Wildman–Crippen MR) is 108 cm³/mol. The molecule has 3 aromatic heterocycles. The lowest BCUT2D eigenvalue weighted by molar-refractivity contribution is -0.127. The molecule has 3 heterocycles. The molecule has 0 aliphatic heterocycles. The molecule has 0 atom stereocenters. The van der Waals surface area contributed by atoms with Gasteiger partial charge in [-0.05, 0) is 37.3 Å². The number of furan rings is 2. The zero-order valence-corrected chi connectivity index (χ0v) is 16.4. The number of benzene rings is 1. The van der Waals surface area contributed by atoms with Crippen molar-refractivity contribution in [1.29, 1.82) is 0 Å². The van der Waals surface area contributed by atoms with Gasteiger partial charge in [0.05, 0.1) is 24.1 Å². The van der Waals surface area contributed by atoms with Crippen LogP contribution in [-0.2, 0) is 11.3 Å². The molecule has 7 heteroatoms. The maximum absolute atomic E-state index is 12.6. The Kier molecular flexibility index (Phi) is 5.16. The van der Waals surface area contributed by atoms with E-state index in [1.54, 1.807) is 24.3 Å². The van der Waals surface area contributed by atoms with E-state index in [1.165, 1.54) is 11.8 Å². The molecule has 0 radical (unpaired) electrons. The second kappa shape index (κ2) is 7.90. The number of hydrogen-bond acceptors (Lipinski definition) is 6. The van der Waals surface area contributed by atoms with Gasteiger partial charge in [0.2, 0.25) is 5.91 Å². The molecule has 6 nitrogen and oxygen atoms in total. The Hall–Kier alpha value is -3.06. The zero-order chi connectivity index (χ0) is 19.5. The smallest absolute Gasteiger partial charge is 0.233 e. The maximum Gasteiger partial charge on any atom is 0.233 e. The molecular formula is C21H19N3O3S. The monoisotopic (exact) mass is 393 g/mol. The van der Waals surface area contributed by atoms with E-state index in [9.17, 15) is 4.79 Å². The predicted octanol–water partition coefficient (Wildman–Crippen LogP) is 4.54. The maximum atomic E-state index is 12.6. The summed E-state index contributed by atoms with van der Waals surface area (Å²) in [7, 11) is 1.77. The third kappa shape index (κ3) is 3.94. The zero-order valence-electron chi connectivity index (χ0n) is 15.6. The van der Waals surface area contributed by atoms with Gasteiger partial charge in [-0.1, -0.05) is 30.0 Å². The van der Waals surface area contributed by atoms with Crippen LogP contribution in [-0.4, -0.2) is 33.6 Å². The van der Waals surface area contributed by atoms with E-state index < -0.39 is 0 Å². The number of carbonyl (C=O) groups excluding carboxylic acids is 1. The van der Waals surface area contributed by atoms with E-state index in [2.05, 4.69) is 9.97 Å². The summed E-state index contributed by atoms with van der Waals surface area (Å²) in [5.74, 6) is 2.99. The molecule has 1 aromatic carbocycles. The Morgan fingerprint density at radius 2 is 1.96 bits per heavy atom. The van der Waals surface area contributed by atoms with Crippen LogP contribution in [0, 0.1) is 6.92 Å². The summed E-state index contributed by atoms with van der Waals surface area (Å²) < 4.78 is 11.0. The van der Waals surface area contributed by atoms with Crippen molar-refractivity contribution in [2.45, 2.75) is 18.5 Å². The normalized spacial score (nSPS) is 11.1. The molecule has 1 amide bonds. The number of nitrogens with zero attached hydrogens (tertiary/aromatic N) is 3. The van der Waals surface area contributed by atoms with Crippen molar-refractivity contribution in [1.82, 2.24) is 14.9 Å². The van der Waals surface area contributed by atoms with Gasteiger partial charge in [0, 0.05) is 12.4 Å².